The summed E-state index contributed by atoms with van der Waals surface area (Å²) in [5, 5.41) is 15.0. The maximum Gasteiger partial charge on any atom is 0.271 e. The van der Waals surface area contributed by atoms with Crippen LogP contribution >= 0.6 is 23.2 Å². The number of nitro benzene ring substituents is 1. The van der Waals surface area contributed by atoms with Gasteiger partial charge in [-0.1, -0.05) is 48.2 Å². The molecule has 0 saturated heterocycles. The number of anilines is 1. The molecule has 1 aliphatic carbocycles. The molecule has 13 heteroatoms. The van der Waals surface area contributed by atoms with Crippen LogP contribution in [0.15, 0.2) is 36.4 Å². The molecule has 1 atom stereocenters. The van der Waals surface area contributed by atoms with Crippen molar-refractivity contribution < 1.29 is 22.9 Å². The lowest BCUT2D eigenvalue weighted by Crippen LogP contribution is -2.52. The largest absolute Gasteiger partial charge is 0.352 e. The second kappa shape index (κ2) is 12.3. The van der Waals surface area contributed by atoms with Gasteiger partial charge in [-0.15, -0.1) is 0 Å². The van der Waals surface area contributed by atoms with Gasteiger partial charge < -0.3 is 10.2 Å². The molecule has 0 spiro atoms. The van der Waals surface area contributed by atoms with E-state index in [9.17, 15) is 28.1 Å². The summed E-state index contributed by atoms with van der Waals surface area (Å²) in [6, 6.07) is 7.59. The van der Waals surface area contributed by atoms with Gasteiger partial charge in [0, 0.05) is 34.8 Å². The van der Waals surface area contributed by atoms with Crippen LogP contribution in [0.25, 0.3) is 0 Å². The molecule has 0 aromatic heterocycles. The average molecular weight is 586 g/mol. The zero-order chi connectivity index (χ0) is 28.2. The van der Waals surface area contributed by atoms with Crippen LogP contribution < -0.4 is 9.62 Å². The summed E-state index contributed by atoms with van der Waals surface area (Å²) in [6.45, 7) is 2.40. The second-order valence-corrected chi connectivity index (χ2v) is 12.2. The van der Waals surface area contributed by atoms with Crippen LogP contribution in [0.2, 0.25) is 10.0 Å². The Hall–Kier alpha value is -2.89. The van der Waals surface area contributed by atoms with E-state index < -0.39 is 33.4 Å². The number of non-ortho nitro benzene ring substituents is 1. The molecule has 0 aliphatic heterocycles. The summed E-state index contributed by atoms with van der Waals surface area (Å²) >= 11 is 12.4. The Balaban J connectivity index is 1.97. The number of amides is 2. The van der Waals surface area contributed by atoms with Crippen molar-refractivity contribution in [2.45, 2.75) is 58.2 Å². The Morgan fingerprint density at radius 2 is 1.82 bits per heavy atom. The molecule has 1 aliphatic rings. The Morgan fingerprint density at radius 3 is 2.39 bits per heavy atom. The van der Waals surface area contributed by atoms with Crippen molar-refractivity contribution in [2.24, 2.45) is 0 Å². The average Bonchev–Trinajstić information content (AvgIpc) is 3.34. The molecular weight excluding hydrogens is 555 g/mol. The van der Waals surface area contributed by atoms with E-state index in [2.05, 4.69) is 5.32 Å². The topological polar surface area (TPSA) is 130 Å². The van der Waals surface area contributed by atoms with Gasteiger partial charge in [0.1, 0.15) is 12.6 Å². The fourth-order valence-corrected chi connectivity index (χ4v) is 5.75. The third-order valence-corrected chi connectivity index (χ3v) is 8.29. The quantitative estimate of drug-likeness (QED) is 0.324. The first-order valence-electron chi connectivity index (χ1n) is 12.0. The molecule has 1 saturated carbocycles. The van der Waals surface area contributed by atoms with Crippen molar-refractivity contribution in [1.29, 1.82) is 0 Å². The lowest BCUT2D eigenvalue weighted by Gasteiger charge is -2.32. The highest BCUT2D eigenvalue weighted by Gasteiger charge is 2.32. The van der Waals surface area contributed by atoms with Gasteiger partial charge in [0.2, 0.25) is 21.8 Å². The predicted octanol–water partition coefficient (Wildman–Crippen LogP) is 4.45. The van der Waals surface area contributed by atoms with E-state index in [0.29, 0.717) is 16.1 Å². The minimum Gasteiger partial charge on any atom is -0.352 e. The highest BCUT2D eigenvalue weighted by molar-refractivity contribution is 7.92. The number of benzene rings is 2. The minimum atomic E-state index is -4.04. The van der Waals surface area contributed by atoms with Gasteiger partial charge in [0.05, 0.1) is 16.9 Å². The number of halogens is 2. The summed E-state index contributed by atoms with van der Waals surface area (Å²) < 4.78 is 26.4. The lowest BCUT2D eigenvalue weighted by atomic mass is 10.1. The molecule has 1 fully saturated rings. The smallest absolute Gasteiger partial charge is 0.271 e. The van der Waals surface area contributed by atoms with E-state index >= 15 is 0 Å². The fraction of sp³-hybridized carbons (Fsp3) is 0.440. The minimum absolute atomic E-state index is 0.00239. The fourth-order valence-electron chi connectivity index (χ4n) is 4.38. The molecule has 0 radical (unpaired) electrons. The Kier molecular flexibility index (Phi) is 9.61. The van der Waals surface area contributed by atoms with E-state index in [1.807, 2.05) is 0 Å². The van der Waals surface area contributed by atoms with Crippen molar-refractivity contribution >= 4 is 56.4 Å². The third kappa shape index (κ3) is 7.36. The van der Waals surface area contributed by atoms with Crippen LogP contribution in [0.3, 0.4) is 0 Å². The molecule has 10 nitrogen and oxygen atoms in total. The van der Waals surface area contributed by atoms with E-state index in [-0.39, 0.29) is 34.9 Å². The molecule has 2 aromatic rings. The van der Waals surface area contributed by atoms with Gasteiger partial charge in [0.15, 0.2) is 0 Å². The van der Waals surface area contributed by atoms with E-state index in [1.54, 1.807) is 26.0 Å². The Morgan fingerprint density at radius 1 is 1.16 bits per heavy atom. The molecule has 0 bridgehead atoms. The number of nitrogens with zero attached hydrogens (tertiary/aromatic N) is 3. The first-order valence-corrected chi connectivity index (χ1v) is 14.6. The number of hydrogen-bond acceptors (Lipinski definition) is 6. The van der Waals surface area contributed by atoms with Crippen LogP contribution in [0.1, 0.15) is 43.7 Å². The van der Waals surface area contributed by atoms with Crippen LogP contribution in [-0.4, -0.2) is 54.9 Å². The molecule has 0 heterocycles. The van der Waals surface area contributed by atoms with Crippen molar-refractivity contribution in [3.63, 3.8) is 0 Å². The molecule has 38 heavy (non-hydrogen) atoms. The molecule has 2 amide bonds. The van der Waals surface area contributed by atoms with Gasteiger partial charge in [-0.3, -0.25) is 24.0 Å². The third-order valence-electron chi connectivity index (χ3n) is 6.58. The lowest BCUT2D eigenvalue weighted by molar-refractivity contribution is -0.384. The second-order valence-electron chi connectivity index (χ2n) is 9.42. The standard InChI is InChI=1S/C25H30Cl2N4O6S/c1-16-8-11-21(31(34)35)13-23(16)30(38(3,36)37)15-24(32)29(14-18-9-10-19(26)12-22(18)27)17(2)25(33)28-20-6-4-5-7-20/h8-13,17,20H,4-7,14-15H2,1-3H3,(H,28,33). The predicted molar refractivity (Wildman–Crippen MR) is 147 cm³/mol. The molecule has 2 aromatic carbocycles. The van der Waals surface area contributed by atoms with Crippen molar-refractivity contribution in [3.05, 3.63) is 67.7 Å². The summed E-state index contributed by atoms with van der Waals surface area (Å²) in [5.74, 6) is -1.05. The first-order chi connectivity index (χ1) is 17.8. The molecule has 206 valence electrons. The molecule has 1 unspecified atom stereocenters. The van der Waals surface area contributed by atoms with Gasteiger partial charge in [-0.25, -0.2) is 8.42 Å². The monoisotopic (exact) mass is 584 g/mol. The first kappa shape index (κ1) is 29.7. The SMILES string of the molecule is Cc1ccc([N+](=O)[O-])cc1N(CC(=O)N(Cc1ccc(Cl)cc1Cl)C(C)C(=O)NC1CCCC1)S(C)(=O)=O. The Labute approximate surface area is 232 Å². The maximum atomic E-state index is 13.7. The van der Waals surface area contributed by atoms with E-state index in [1.165, 1.54) is 23.1 Å². The summed E-state index contributed by atoms with van der Waals surface area (Å²) in [4.78, 5) is 38.8. The van der Waals surface area contributed by atoms with Crippen LogP contribution in [0.4, 0.5) is 11.4 Å². The number of nitro groups is 1. The van der Waals surface area contributed by atoms with Crippen molar-refractivity contribution in [1.82, 2.24) is 10.2 Å². The number of hydrogen-bond donors (Lipinski definition) is 1. The maximum absolute atomic E-state index is 13.7. The van der Waals surface area contributed by atoms with Crippen LogP contribution in [0.5, 0.6) is 0 Å². The van der Waals surface area contributed by atoms with Gasteiger partial charge >= 0.3 is 0 Å². The zero-order valence-electron chi connectivity index (χ0n) is 21.3. The number of nitrogens with one attached hydrogen (secondary N) is 1. The highest BCUT2D eigenvalue weighted by Crippen LogP contribution is 2.29. The highest BCUT2D eigenvalue weighted by atomic mass is 35.5. The molecule has 3 rings (SSSR count). The molecule has 1 N–H and O–H groups in total. The normalized spacial score (nSPS) is 14.7. The number of carbonyl (C=O) groups is 2. The van der Waals surface area contributed by atoms with Gasteiger partial charge in [-0.2, -0.15) is 0 Å². The number of carbonyl (C=O) groups excluding carboxylic acids is 2. The molecular formula is C25H30Cl2N4O6S. The number of aryl methyl sites for hydroxylation is 1. The summed E-state index contributed by atoms with van der Waals surface area (Å²) in [6.07, 6.45) is 4.63. The van der Waals surface area contributed by atoms with E-state index in [4.69, 9.17) is 23.2 Å². The number of sulfonamides is 1. The van der Waals surface area contributed by atoms with Gasteiger partial charge in [0.25, 0.3) is 5.69 Å². The van der Waals surface area contributed by atoms with Crippen molar-refractivity contribution in [2.75, 3.05) is 17.1 Å². The summed E-state index contributed by atoms with van der Waals surface area (Å²) in [5.41, 5.74) is 0.624. The van der Waals surface area contributed by atoms with Crippen LogP contribution in [0, 0.1) is 17.0 Å². The number of rotatable bonds is 10. The van der Waals surface area contributed by atoms with Gasteiger partial charge in [-0.05, 0) is 49.9 Å². The van der Waals surface area contributed by atoms with Crippen LogP contribution in [-0.2, 0) is 26.2 Å². The summed E-state index contributed by atoms with van der Waals surface area (Å²) in [7, 11) is -4.04. The Bertz CT molecular complexity index is 1330. The van der Waals surface area contributed by atoms with Crippen molar-refractivity contribution in [3.8, 4) is 0 Å². The zero-order valence-corrected chi connectivity index (χ0v) is 23.6. The van der Waals surface area contributed by atoms with E-state index in [0.717, 1.165) is 42.3 Å².